The van der Waals surface area contributed by atoms with Crippen LogP contribution in [0.5, 0.6) is 0 Å². The minimum Gasteiger partial charge on any atom is -0.481 e. The second-order valence-corrected chi connectivity index (χ2v) is 6.39. The Morgan fingerprint density at radius 2 is 1.87 bits per heavy atom. The predicted octanol–water partition coefficient (Wildman–Crippen LogP) is 0.755. The van der Waals surface area contributed by atoms with Crippen molar-refractivity contribution in [3.8, 4) is 0 Å². The quantitative estimate of drug-likeness (QED) is 0.406. The van der Waals surface area contributed by atoms with E-state index >= 15 is 0 Å². The molecule has 1 fully saturated rings. The van der Waals surface area contributed by atoms with Crippen molar-refractivity contribution in [2.24, 2.45) is 28.5 Å². The third-order valence-corrected chi connectivity index (χ3v) is 4.77. The van der Waals surface area contributed by atoms with Crippen LogP contribution in [0.1, 0.15) is 47.0 Å². The average molecular weight is 327 g/mol. The summed E-state index contributed by atoms with van der Waals surface area (Å²) in [6, 6.07) is -0.733. The summed E-state index contributed by atoms with van der Waals surface area (Å²) in [4.78, 5) is 27.4. The van der Waals surface area contributed by atoms with E-state index in [4.69, 9.17) is 5.73 Å². The summed E-state index contributed by atoms with van der Waals surface area (Å²) in [5.74, 6) is -2.09. The molecule has 1 aliphatic rings. The standard InChI is InChI=1S/C16H29N3O4/c1-5-10(6-2)14(19-9(4)20)13-12(18-8(3)17)7-11(15(13)21)16(22)23/h10-15,21H,5-7H2,1-4H3,(H2,17,18)(H,19,20)(H,22,23). The number of nitrogens with zero attached hydrogens (tertiary/aromatic N) is 1. The minimum atomic E-state index is -1.06. The highest BCUT2D eigenvalue weighted by molar-refractivity contribution is 5.78. The van der Waals surface area contributed by atoms with E-state index in [0.29, 0.717) is 5.84 Å². The lowest BCUT2D eigenvalue weighted by molar-refractivity contribution is -0.145. The van der Waals surface area contributed by atoms with Gasteiger partial charge in [-0.25, -0.2) is 0 Å². The van der Waals surface area contributed by atoms with Gasteiger partial charge >= 0.3 is 5.97 Å². The van der Waals surface area contributed by atoms with Crippen LogP contribution in [0.2, 0.25) is 0 Å². The average Bonchev–Trinajstić information content (AvgIpc) is 2.74. The number of aliphatic carboxylic acids is 1. The van der Waals surface area contributed by atoms with E-state index in [-0.39, 0.29) is 24.3 Å². The number of rotatable bonds is 7. The van der Waals surface area contributed by atoms with Crippen molar-refractivity contribution < 1.29 is 19.8 Å². The molecule has 1 amide bonds. The van der Waals surface area contributed by atoms with Gasteiger partial charge in [-0.05, 0) is 19.3 Å². The van der Waals surface area contributed by atoms with Crippen molar-refractivity contribution in [2.45, 2.75) is 65.1 Å². The predicted molar refractivity (Wildman–Crippen MR) is 88.0 cm³/mol. The van der Waals surface area contributed by atoms with Crippen molar-refractivity contribution >= 4 is 17.7 Å². The van der Waals surface area contributed by atoms with Gasteiger partial charge in [0.05, 0.1) is 23.9 Å². The highest BCUT2D eigenvalue weighted by atomic mass is 16.4. The van der Waals surface area contributed by atoms with Crippen LogP contribution in [-0.2, 0) is 9.59 Å². The molecule has 132 valence electrons. The zero-order chi connectivity index (χ0) is 17.7. The first-order valence-electron chi connectivity index (χ1n) is 8.20. The van der Waals surface area contributed by atoms with Crippen LogP contribution in [0.25, 0.3) is 0 Å². The number of hydrogen-bond donors (Lipinski definition) is 4. The van der Waals surface area contributed by atoms with Gasteiger partial charge in [0.15, 0.2) is 0 Å². The second-order valence-electron chi connectivity index (χ2n) is 6.39. The number of aliphatic imine (C=N–C) groups is 1. The maximum atomic E-state index is 11.6. The third kappa shape index (κ3) is 4.67. The number of hydrogen-bond acceptors (Lipinski definition) is 4. The van der Waals surface area contributed by atoms with Gasteiger partial charge in [0.1, 0.15) is 0 Å². The zero-order valence-corrected chi connectivity index (χ0v) is 14.3. The number of carboxylic acids is 1. The minimum absolute atomic E-state index is 0.141. The molecule has 1 aliphatic carbocycles. The Morgan fingerprint density at radius 1 is 1.30 bits per heavy atom. The van der Waals surface area contributed by atoms with Gasteiger partial charge in [-0.15, -0.1) is 0 Å². The molecule has 5 atom stereocenters. The second kappa shape index (κ2) is 8.29. The smallest absolute Gasteiger partial charge is 0.309 e. The highest BCUT2D eigenvalue weighted by Gasteiger charge is 2.50. The summed E-state index contributed by atoms with van der Waals surface area (Å²) in [5.41, 5.74) is 5.68. The third-order valence-electron chi connectivity index (χ3n) is 4.77. The van der Waals surface area contributed by atoms with Crippen LogP contribution in [0.15, 0.2) is 4.99 Å². The Morgan fingerprint density at radius 3 is 2.26 bits per heavy atom. The first-order valence-corrected chi connectivity index (χ1v) is 8.20. The molecule has 0 spiro atoms. The van der Waals surface area contributed by atoms with Crippen LogP contribution in [0, 0.1) is 17.8 Å². The first-order chi connectivity index (χ1) is 10.7. The molecular formula is C16H29N3O4. The largest absolute Gasteiger partial charge is 0.481 e. The van der Waals surface area contributed by atoms with Gasteiger partial charge in [-0.2, -0.15) is 0 Å². The van der Waals surface area contributed by atoms with E-state index in [2.05, 4.69) is 10.3 Å². The number of amidine groups is 1. The van der Waals surface area contributed by atoms with E-state index < -0.39 is 30.0 Å². The SMILES string of the molecule is CCC(CC)C(NC(C)=O)C1C(N=C(C)N)CC(C(=O)O)C1O. The van der Waals surface area contributed by atoms with Crippen LogP contribution in [0.3, 0.4) is 0 Å². The van der Waals surface area contributed by atoms with Crippen molar-refractivity contribution in [3.05, 3.63) is 0 Å². The summed E-state index contributed by atoms with van der Waals surface area (Å²) in [6.45, 7) is 7.11. The molecule has 0 radical (unpaired) electrons. The number of nitrogens with two attached hydrogens (primary N) is 1. The molecule has 0 aliphatic heterocycles. The summed E-state index contributed by atoms with van der Waals surface area (Å²) in [6.07, 6.45) is 0.811. The molecular weight excluding hydrogens is 298 g/mol. The number of amides is 1. The fourth-order valence-electron chi connectivity index (χ4n) is 3.71. The summed E-state index contributed by atoms with van der Waals surface area (Å²) < 4.78 is 0. The lowest BCUT2D eigenvalue weighted by Crippen LogP contribution is -2.50. The molecule has 0 aromatic rings. The lowest BCUT2D eigenvalue weighted by atomic mass is 9.80. The number of carbonyl (C=O) groups is 2. The van der Waals surface area contributed by atoms with Crippen LogP contribution in [-0.4, -0.2) is 46.1 Å². The Kier molecular flexibility index (Phi) is 7.00. The molecule has 5 N–H and O–H groups in total. The molecule has 0 aromatic heterocycles. The Labute approximate surface area is 137 Å². The number of nitrogens with one attached hydrogen (secondary N) is 1. The van der Waals surface area contributed by atoms with Gasteiger partial charge in [0.25, 0.3) is 0 Å². The summed E-state index contributed by atoms with van der Waals surface area (Å²) >= 11 is 0. The van der Waals surface area contributed by atoms with E-state index in [1.807, 2.05) is 13.8 Å². The van der Waals surface area contributed by atoms with E-state index in [1.165, 1.54) is 6.92 Å². The Bertz CT molecular complexity index is 458. The van der Waals surface area contributed by atoms with E-state index in [9.17, 15) is 19.8 Å². The fraction of sp³-hybridized carbons (Fsp3) is 0.812. The number of aliphatic hydroxyl groups is 1. The van der Waals surface area contributed by atoms with Gasteiger partial charge in [-0.1, -0.05) is 26.7 Å². The maximum absolute atomic E-state index is 11.6. The molecule has 0 aromatic carbocycles. The van der Waals surface area contributed by atoms with Gasteiger partial charge < -0.3 is 21.3 Å². The summed E-state index contributed by atoms with van der Waals surface area (Å²) in [7, 11) is 0. The highest BCUT2D eigenvalue weighted by Crippen LogP contribution is 2.39. The molecule has 7 heteroatoms. The zero-order valence-electron chi connectivity index (χ0n) is 14.3. The molecule has 7 nitrogen and oxygen atoms in total. The van der Waals surface area contributed by atoms with Gasteiger partial charge in [-0.3, -0.25) is 14.6 Å². The number of aliphatic hydroxyl groups excluding tert-OH is 1. The molecule has 1 saturated carbocycles. The van der Waals surface area contributed by atoms with Gasteiger partial charge in [0, 0.05) is 18.9 Å². The molecule has 0 bridgehead atoms. The van der Waals surface area contributed by atoms with Crippen LogP contribution < -0.4 is 11.1 Å². The molecule has 0 heterocycles. The number of carboxylic acid groups (broad SMARTS) is 1. The maximum Gasteiger partial charge on any atom is 0.309 e. The number of carbonyl (C=O) groups excluding carboxylic acids is 1. The van der Waals surface area contributed by atoms with E-state index in [1.54, 1.807) is 6.92 Å². The Hall–Kier alpha value is -1.63. The molecule has 0 saturated heterocycles. The first kappa shape index (κ1) is 19.4. The van der Waals surface area contributed by atoms with Crippen LogP contribution in [0.4, 0.5) is 0 Å². The Balaban J connectivity index is 3.23. The molecule has 23 heavy (non-hydrogen) atoms. The van der Waals surface area contributed by atoms with E-state index in [0.717, 1.165) is 12.8 Å². The normalized spacial score (nSPS) is 29.6. The van der Waals surface area contributed by atoms with Crippen molar-refractivity contribution in [1.82, 2.24) is 5.32 Å². The van der Waals surface area contributed by atoms with Crippen LogP contribution >= 0.6 is 0 Å². The topological polar surface area (TPSA) is 125 Å². The fourth-order valence-corrected chi connectivity index (χ4v) is 3.71. The molecule has 5 unspecified atom stereocenters. The molecule has 1 rings (SSSR count). The van der Waals surface area contributed by atoms with Gasteiger partial charge in [0.2, 0.25) is 5.91 Å². The van der Waals surface area contributed by atoms with Crippen molar-refractivity contribution in [2.75, 3.05) is 0 Å². The summed E-state index contributed by atoms with van der Waals surface area (Å²) in [5, 5.41) is 22.8. The lowest BCUT2D eigenvalue weighted by Gasteiger charge is -2.35. The van der Waals surface area contributed by atoms with Crippen molar-refractivity contribution in [3.63, 3.8) is 0 Å². The van der Waals surface area contributed by atoms with Crippen molar-refractivity contribution in [1.29, 1.82) is 0 Å². The monoisotopic (exact) mass is 327 g/mol.